The van der Waals surface area contributed by atoms with Crippen LogP contribution in [-0.4, -0.2) is 18.7 Å². The summed E-state index contributed by atoms with van der Waals surface area (Å²) < 4.78 is 6.43. The van der Waals surface area contributed by atoms with Crippen molar-refractivity contribution in [2.24, 2.45) is 0 Å². The van der Waals surface area contributed by atoms with E-state index in [1.165, 1.54) is 22.1 Å². The molecular formula is C12H15N5S2. The van der Waals surface area contributed by atoms with Gasteiger partial charge in [-0.15, -0.1) is 11.3 Å². The van der Waals surface area contributed by atoms with E-state index in [2.05, 4.69) is 44.1 Å². The zero-order chi connectivity index (χ0) is 13.4. The summed E-state index contributed by atoms with van der Waals surface area (Å²) in [6.07, 6.45) is 3.01. The normalized spacial score (nSPS) is 11.3. The van der Waals surface area contributed by atoms with E-state index in [-0.39, 0.29) is 0 Å². The van der Waals surface area contributed by atoms with Gasteiger partial charge in [-0.2, -0.15) is 4.37 Å². The van der Waals surface area contributed by atoms with Crippen molar-refractivity contribution in [2.75, 3.05) is 5.32 Å². The molecule has 3 aromatic rings. The van der Waals surface area contributed by atoms with Crippen LogP contribution in [-0.2, 0) is 13.0 Å². The Morgan fingerprint density at radius 1 is 1.32 bits per heavy atom. The topological polar surface area (TPSA) is 55.1 Å². The lowest BCUT2D eigenvalue weighted by Crippen LogP contribution is -2.03. The number of rotatable bonds is 4. The fourth-order valence-electron chi connectivity index (χ4n) is 1.95. The van der Waals surface area contributed by atoms with Gasteiger partial charge >= 0.3 is 0 Å². The minimum absolute atomic E-state index is 0.724. The van der Waals surface area contributed by atoms with Crippen molar-refractivity contribution in [3.05, 3.63) is 28.3 Å². The van der Waals surface area contributed by atoms with Gasteiger partial charge in [-0.25, -0.2) is 9.97 Å². The lowest BCUT2D eigenvalue weighted by molar-refractivity contribution is 0.967. The standard InChI is InChI=1S/C12H15N5S2/c1-4-10-15-11(19-16-10)13-5-9-8(3)14-12-17(9)6-7(2)18-12/h6H,4-5H2,1-3H3,(H,13,15,16). The average molecular weight is 293 g/mol. The summed E-state index contributed by atoms with van der Waals surface area (Å²) in [6.45, 7) is 6.93. The zero-order valence-electron chi connectivity index (χ0n) is 11.1. The number of aromatic nitrogens is 4. The van der Waals surface area contributed by atoms with Crippen molar-refractivity contribution in [1.29, 1.82) is 0 Å². The molecule has 0 bridgehead atoms. The molecule has 0 saturated carbocycles. The van der Waals surface area contributed by atoms with Crippen LogP contribution in [0.5, 0.6) is 0 Å². The predicted octanol–water partition coefficient (Wildman–Crippen LogP) is 3.04. The van der Waals surface area contributed by atoms with E-state index in [0.717, 1.165) is 34.6 Å². The van der Waals surface area contributed by atoms with Crippen molar-refractivity contribution >= 4 is 33.0 Å². The molecule has 7 heteroatoms. The molecule has 0 spiro atoms. The Morgan fingerprint density at radius 2 is 2.16 bits per heavy atom. The minimum atomic E-state index is 0.724. The highest BCUT2D eigenvalue weighted by Gasteiger charge is 2.11. The highest BCUT2D eigenvalue weighted by Crippen LogP contribution is 2.21. The van der Waals surface area contributed by atoms with E-state index in [0.29, 0.717) is 0 Å². The fraction of sp³-hybridized carbons (Fsp3) is 0.417. The lowest BCUT2D eigenvalue weighted by Gasteiger charge is -2.02. The Balaban J connectivity index is 1.82. The van der Waals surface area contributed by atoms with Gasteiger partial charge in [0.1, 0.15) is 5.82 Å². The number of nitrogens with one attached hydrogen (secondary N) is 1. The molecule has 0 aliphatic heterocycles. The Labute approximate surface area is 119 Å². The zero-order valence-corrected chi connectivity index (χ0v) is 12.7. The maximum Gasteiger partial charge on any atom is 0.202 e. The molecule has 1 N–H and O–H groups in total. The second kappa shape index (κ2) is 4.90. The quantitative estimate of drug-likeness (QED) is 0.803. The largest absolute Gasteiger partial charge is 0.355 e. The Morgan fingerprint density at radius 3 is 2.89 bits per heavy atom. The Bertz CT molecular complexity index is 709. The molecule has 19 heavy (non-hydrogen) atoms. The number of aryl methyl sites for hydroxylation is 3. The molecule has 0 amide bonds. The third-order valence-corrected chi connectivity index (χ3v) is 4.54. The first-order valence-electron chi connectivity index (χ1n) is 6.17. The Kier molecular flexibility index (Phi) is 3.24. The second-order valence-corrected chi connectivity index (χ2v) is 6.33. The van der Waals surface area contributed by atoms with E-state index in [9.17, 15) is 0 Å². The number of nitrogens with zero attached hydrogens (tertiary/aromatic N) is 4. The number of thiazole rings is 1. The van der Waals surface area contributed by atoms with Crippen LogP contribution in [0, 0.1) is 13.8 Å². The van der Waals surface area contributed by atoms with Crippen molar-refractivity contribution in [3.63, 3.8) is 0 Å². The Hall–Kier alpha value is -1.47. The average Bonchev–Trinajstić information content (AvgIpc) is 3.02. The third kappa shape index (κ3) is 2.35. The lowest BCUT2D eigenvalue weighted by atomic mass is 10.3. The summed E-state index contributed by atoms with van der Waals surface area (Å²) in [6, 6.07) is 0. The van der Waals surface area contributed by atoms with Gasteiger partial charge in [0.05, 0.1) is 17.9 Å². The van der Waals surface area contributed by atoms with Gasteiger partial charge in [0.25, 0.3) is 0 Å². The molecule has 0 unspecified atom stereocenters. The number of hydrogen-bond donors (Lipinski definition) is 1. The highest BCUT2D eigenvalue weighted by atomic mass is 32.1. The van der Waals surface area contributed by atoms with Crippen molar-refractivity contribution in [3.8, 4) is 0 Å². The molecular weight excluding hydrogens is 278 g/mol. The summed E-state index contributed by atoms with van der Waals surface area (Å²) in [5.74, 6) is 0.897. The van der Waals surface area contributed by atoms with Crippen LogP contribution in [0.15, 0.2) is 6.20 Å². The van der Waals surface area contributed by atoms with Crippen LogP contribution in [0.4, 0.5) is 5.13 Å². The molecule has 0 fully saturated rings. The molecule has 0 atom stereocenters. The van der Waals surface area contributed by atoms with E-state index < -0.39 is 0 Å². The van der Waals surface area contributed by atoms with Gasteiger partial charge in [-0.05, 0) is 13.8 Å². The first kappa shape index (κ1) is 12.6. The van der Waals surface area contributed by atoms with Crippen molar-refractivity contribution < 1.29 is 0 Å². The first-order valence-corrected chi connectivity index (χ1v) is 7.76. The van der Waals surface area contributed by atoms with E-state index in [1.54, 1.807) is 11.3 Å². The van der Waals surface area contributed by atoms with Gasteiger partial charge in [0, 0.05) is 29.0 Å². The smallest absolute Gasteiger partial charge is 0.202 e. The minimum Gasteiger partial charge on any atom is -0.355 e. The second-order valence-electron chi connectivity index (χ2n) is 4.36. The molecule has 0 saturated heterocycles. The molecule has 3 aromatic heterocycles. The van der Waals surface area contributed by atoms with Crippen LogP contribution in [0.1, 0.15) is 29.0 Å². The summed E-state index contributed by atoms with van der Waals surface area (Å²) in [5.41, 5.74) is 2.26. The van der Waals surface area contributed by atoms with Gasteiger partial charge in [0.2, 0.25) is 5.13 Å². The molecule has 100 valence electrons. The molecule has 5 nitrogen and oxygen atoms in total. The summed E-state index contributed by atoms with van der Waals surface area (Å²) in [4.78, 5) is 11.3. The maximum atomic E-state index is 4.58. The third-order valence-electron chi connectivity index (χ3n) is 2.93. The van der Waals surface area contributed by atoms with Crippen molar-refractivity contribution in [1.82, 2.24) is 18.7 Å². The molecule has 0 aliphatic carbocycles. The molecule has 3 heterocycles. The summed E-state index contributed by atoms with van der Waals surface area (Å²) in [7, 11) is 0. The highest BCUT2D eigenvalue weighted by molar-refractivity contribution is 7.17. The summed E-state index contributed by atoms with van der Waals surface area (Å²) in [5, 5.41) is 4.21. The molecule has 0 aliphatic rings. The fourth-order valence-corrected chi connectivity index (χ4v) is 3.49. The van der Waals surface area contributed by atoms with E-state index >= 15 is 0 Å². The monoisotopic (exact) mass is 293 g/mol. The van der Waals surface area contributed by atoms with Gasteiger partial charge < -0.3 is 5.32 Å². The van der Waals surface area contributed by atoms with Crippen LogP contribution in [0.3, 0.4) is 0 Å². The van der Waals surface area contributed by atoms with Crippen LogP contribution < -0.4 is 5.32 Å². The number of imidazole rings is 1. The number of fused-ring (bicyclic) bond motifs is 1. The number of anilines is 1. The molecule has 0 radical (unpaired) electrons. The van der Waals surface area contributed by atoms with Crippen molar-refractivity contribution in [2.45, 2.75) is 33.7 Å². The van der Waals surface area contributed by atoms with Crippen LogP contribution in [0.25, 0.3) is 4.96 Å². The van der Waals surface area contributed by atoms with Crippen LogP contribution >= 0.6 is 22.9 Å². The molecule has 3 rings (SSSR count). The maximum absolute atomic E-state index is 4.58. The van der Waals surface area contributed by atoms with Gasteiger partial charge in [0.15, 0.2) is 4.96 Å². The predicted molar refractivity (Wildman–Crippen MR) is 79.2 cm³/mol. The molecule has 0 aromatic carbocycles. The van der Waals surface area contributed by atoms with E-state index in [4.69, 9.17) is 0 Å². The van der Waals surface area contributed by atoms with E-state index in [1.807, 2.05) is 6.92 Å². The SMILES string of the molecule is CCc1nsc(NCc2c(C)nc3sc(C)cn23)n1. The summed E-state index contributed by atoms with van der Waals surface area (Å²) >= 11 is 3.13. The van der Waals surface area contributed by atoms with Crippen LogP contribution in [0.2, 0.25) is 0 Å². The van der Waals surface area contributed by atoms with Gasteiger partial charge in [-0.1, -0.05) is 6.92 Å². The first-order chi connectivity index (χ1) is 9.17. The van der Waals surface area contributed by atoms with Gasteiger partial charge in [-0.3, -0.25) is 4.40 Å². The number of hydrogen-bond acceptors (Lipinski definition) is 6.